The van der Waals surface area contributed by atoms with Crippen molar-refractivity contribution in [3.8, 4) is 5.69 Å². The monoisotopic (exact) mass is 356 g/mol. The largest absolute Gasteiger partial charge is 0.393 e. The van der Waals surface area contributed by atoms with Crippen LogP contribution in [-0.4, -0.2) is 40.0 Å². The first-order valence-electron chi connectivity index (χ1n) is 8.35. The first-order valence-corrected chi connectivity index (χ1v) is 9.17. The van der Waals surface area contributed by atoms with Crippen molar-refractivity contribution in [1.29, 1.82) is 0 Å². The lowest BCUT2D eigenvalue weighted by molar-refractivity contribution is 0.100. The molecule has 0 bridgehead atoms. The van der Waals surface area contributed by atoms with Crippen molar-refractivity contribution in [2.24, 2.45) is 5.73 Å². The minimum absolute atomic E-state index is 0.172. The summed E-state index contributed by atoms with van der Waals surface area (Å²) < 4.78 is 1.87. The molecular weight excluding hydrogens is 336 g/mol. The topological polar surface area (TPSA) is 84.4 Å². The summed E-state index contributed by atoms with van der Waals surface area (Å²) in [5.41, 5.74) is 8.40. The van der Waals surface area contributed by atoms with Gasteiger partial charge in [0.25, 0.3) is 5.91 Å². The predicted octanol–water partition coefficient (Wildman–Crippen LogP) is 2.46. The number of nitrogens with two attached hydrogens (primary N) is 1. The zero-order chi connectivity index (χ0) is 17.6. The second kappa shape index (κ2) is 6.16. The SMILES string of the molecule is Cc1nn(-c2ccc(N3CCC(O)CC3)cc2)c2sc(C(N)=O)cc12. The molecule has 1 fully saturated rings. The maximum absolute atomic E-state index is 11.5. The fourth-order valence-corrected chi connectivity index (χ4v) is 4.31. The van der Waals surface area contributed by atoms with E-state index in [0.717, 1.165) is 53.2 Å². The number of primary amides is 1. The minimum atomic E-state index is -0.408. The number of hydrogen-bond donors (Lipinski definition) is 2. The molecule has 1 aliphatic heterocycles. The Hall–Kier alpha value is -2.38. The summed E-state index contributed by atoms with van der Waals surface area (Å²) in [6.45, 7) is 3.68. The maximum atomic E-state index is 11.5. The van der Waals surface area contributed by atoms with E-state index in [1.807, 2.05) is 29.8 Å². The summed E-state index contributed by atoms with van der Waals surface area (Å²) in [6.07, 6.45) is 1.45. The predicted molar refractivity (Wildman–Crippen MR) is 99.7 cm³/mol. The van der Waals surface area contributed by atoms with Gasteiger partial charge in [0.2, 0.25) is 0 Å². The Labute approximate surface area is 149 Å². The number of aryl methyl sites for hydroxylation is 1. The number of anilines is 1. The second-order valence-electron chi connectivity index (χ2n) is 6.43. The molecule has 0 spiro atoms. The number of aliphatic hydroxyl groups excluding tert-OH is 1. The molecule has 2 aromatic heterocycles. The number of carbonyl (C=O) groups is 1. The van der Waals surface area contributed by atoms with E-state index >= 15 is 0 Å². The van der Waals surface area contributed by atoms with Crippen LogP contribution in [0, 0.1) is 6.92 Å². The molecule has 0 saturated carbocycles. The summed E-state index contributed by atoms with van der Waals surface area (Å²) in [5, 5.41) is 15.2. The van der Waals surface area contributed by atoms with Gasteiger partial charge in [-0.1, -0.05) is 0 Å². The molecule has 0 radical (unpaired) electrons. The van der Waals surface area contributed by atoms with Crippen LogP contribution in [-0.2, 0) is 0 Å². The van der Waals surface area contributed by atoms with Gasteiger partial charge >= 0.3 is 0 Å². The number of amides is 1. The smallest absolute Gasteiger partial charge is 0.258 e. The average molecular weight is 356 g/mol. The molecule has 0 unspecified atom stereocenters. The van der Waals surface area contributed by atoms with Crippen LogP contribution in [0.25, 0.3) is 15.9 Å². The molecule has 7 heteroatoms. The van der Waals surface area contributed by atoms with Gasteiger partial charge in [0.1, 0.15) is 4.83 Å². The molecule has 1 aromatic carbocycles. The van der Waals surface area contributed by atoms with E-state index in [4.69, 9.17) is 5.73 Å². The Bertz CT molecular complexity index is 921. The van der Waals surface area contributed by atoms with E-state index in [0.29, 0.717) is 4.88 Å². The molecule has 130 valence electrons. The van der Waals surface area contributed by atoms with Crippen LogP contribution in [0.3, 0.4) is 0 Å². The Kier molecular flexibility index (Phi) is 3.97. The number of nitrogens with zero attached hydrogens (tertiary/aromatic N) is 3. The van der Waals surface area contributed by atoms with Gasteiger partial charge in [-0.2, -0.15) is 5.10 Å². The molecule has 4 rings (SSSR count). The third kappa shape index (κ3) is 2.89. The lowest BCUT2D eigenvalue weighted by Crippen LogP contribution is -2.35. The van der Waals surface area contributed by atoms with Crippen LogP contribution >= 0.6 is 11.3 Å². The van der Waals surface area contributed by atoms with E-state index in [9.17, 15) is 9.90 Å². The number of aliphatic hydroxyl groups is 1. The van der Waals surface area contributed by atoms with Crippen molar-refractivity contribution in [3.63, 3.8) is 0 Å². The fourth-order valence-electron chi connectivity index (χ4n) is 3.27. The number of rotatable bonds is 3. The zero-order valence-corrected chi connectivity index (χ0v) is 14.8. The molecule has 1 amide bonds. The number of hydrogen-bond acceptors (Lipinski definition) is 5. The van der Waals surface area contributed by atoms with Gasteiger partial charge < -0.3 is 15.7 Å². The van der Waals surface area contributed by atoms with Crippen LogP contribution < -0.4 is 10.6 Å². The van der Waals surface area contributed by atoms with Gasteiger partial charge in [-0.3, -0.25) is 4.79 Å². The normalized spacial score (nSPS) is 15.8. The van der Waals surface area contributed by atoms with Crippen LogP contribution in [0.1, 0.15) is 28.2 Å². The van der Waals surface area contributed by atoms with Gasteiger partial charge in [0.05, 0.1) is 22.4 Å². The van der Waals surface area contributed by atoms with Crippen LogP contribution in [0.4, 0.5) is 5.69 Å². The highest BCUT2D eigenvalue weighted by molar-refractivity contribution is 7.20. The highest BCUT2D eigenvalue weighted by atomic mass is 32.1. The van der Waals surface area contributed by atoms with Gasteiger partial charge in [0, 0.05) is 24.2 Å². The molecule has 6 nitrogen and oxygen atoms in total. The zero-order valence-electron chi connectivity index (χ0n) is 14.0. The summed E-state index contributed by atoms with van der Waals surface area (Å²) in [4.78, 5) is 15.2. The van der Waals surface area contributed by atoms with E-state index in [2.05, 4.69) is 22.1 Å². The molecular formula is C18H20N4O2S. The van der Waals surface area contributed by atoms with E-state index in [-0.39, 0.29) is 6.10 Å². The molecule has 25 heavy (non-hydrogen) atoms. The third-order valence-electron chi connectivity index (χ3n) is 4.71. The minimum Gasteiger partial charge on any atom is -0.393 e. The van der Waals surface area contributed by atoms with Gasteiger partial charge in [-0.05, 0) is 50.1 Å². The molecule has 3 aromatic rings. The Balaban J connectivity index is 1.66. The Morgan fingerprint density at radius 1 is 1.24 bits per heavy atom. The molecule has 3 N–H and O–H groups in total. The van der Waals surface area contributed by atoms with Crippen molar-refractivity contribution < 1.29 is 9.90 Å². The van der Waals surface area contributed by atoms with Crippen molar-refractivity contribution in [2.45, 2.75) is 25.9 Å². The number of fused-ring (bicyclic) bond motifs is 1. The maximum Gasteiger partial charge on any atom is 0.258 e. The van der Waals surface area contributed by atoms with Crippen molar-refractivity contribution in [2.75, 3.05) is 18.0 Å². The second-order valence-corrected chi connectivity index (χ2v) is 7.46. The van der Waals surface area contributed by atoms with Gasteiger partial charge in [0.15, 0.2) is 0 Å². The number of aromatic nitrogens is 2. The number of piperidine rings is 1. The van der Waals surface area contributed by atoms with Crippen molar-refractivity contribution in [3.05, 3.63) is 40.9 Å². The standard InChI is InChI=1S/C18H20N4O2S/c1-11-15-10-16(17(19)24)25-18(15)22(20-11)13-4-2-12(3-5-13)21-8-6-14(23)7-9-21/h2-5,10,14,23H,6-9H2,1H3,(H2,19,24). The van der Waals surface area contributed by atoms with Crippen LogP contribution in [0.2, 0.25) is 0 Å². The highest BCUT2D eigenvalue weighted by Gasteiger charge is 2.18. The van der Waals surface area contributed by atoms with E-state index in [1.165, 1.54) is 11.3 Å². The Morgan fingerprint density at radius 2 is 1.88 bits per heavy atom. The number of thiophene rings is 1. The average Bonchev–Trinajstić information content (AvgIpc) is 3.17. The van der Waals surface area contributed by atoms with Crippen molar-refractivity contribution in [1.82, 2.24) is 9.78 Å². The quantitative estimate of drug-likeness (QED) is 0.755. The van der Waals surface area contributed by atoms with Gasteiger partial charge in [-0.15, -0.1) is 11.3 Å². The Morgan fingerprint density at radius 3 is 2.52 bits per heavy atom. The van der Waals surface area contributed by atoms with E-state index < -0.39 is 5.91 Å². The molecule has 0 atom stereocenters. The first kappa shape index (κ1) is 16.1. The van der Waals surface area contributed by atoms with Gasteiger partial charge in [-0.25, -0.2) is 4.68 Å². The summed E-state index contributed by atoms with van der Waals surface area (Å²) in [7, 11) is 0. The van der Waals surface area contributed by atoms with Crippen LogP contribution in [0.15, 0.2) is 30.3 Å². The first-order chi connectivity index (χ1) is 12.0. The molecule has 1 aliphatic rings. The number of benzene rings is 1. The lowest BCUT2D eigenvalue weighted by atomic mass is 10.1. The van der Waals surface area contributed by atoms with Crippen LogP contribution in [0.5, 0.6) is 0 Å². The summed E-state index contributed by atoms with van der Waals surface area (Å²) >= 11 is 1.37. The molecule has 3 heterocycles. The van der Waals surface area contributed by atoms with E-state index in [1.54, 1.807) is 0 Å². The summed E-state index contributed by atoms with van der Waals surface area (Å²) in [5.74, 6) is -0.408. The van der Waals surface area contributed by atoms with Crippen molar-refractivity contribution >= 4 is 33.1 Å². The number of carbonyl (C=O) groups excluding carboxylic acids is 1. The fraction of sp³-hybridized carbons (Fsp3) is 0.333. The molecule has 0 aliphatic carbocycles. The molecule has 1 saturated heterocycles. The lowest BCUT2D eigenvalue weighted by Gasteiger charge is -2.31. The third-order valence-corrected chi connectivity index (χ3v) is 5.84. The summed E-state index contributed by atoms with van der Waals surface area (Å²) in [6, 6.07) is 10.1. The highest BCUT2D eigenvalue weighted by Crippen LogP contribution is 2.31.